The Morgan fingerprint density at radius 2 is 2.13 bits per heavy atom. The van der Waals surface area contributed by atoms with Gasteiger partial charge in [-0.05, 0) is 48.9 Å². The number of aryl methyl sites for hydroxylation is 1. The number of amides is 2. The highest BCUT2D eigenvalue weighted by atomic mass is 19.1. The molecule has 1 aliphatic heterocycles. The molecule has 2 aromatic rings. The molecule has 0 unspecified atom stereocenters. The van der Waals surface area contributed by atoms with E-state index >= 15 is 0 Å². The molecule has 1 atom stereocenters. The molecule has 1 aliphatic carbocycles. The third-order valence-corrected chi connectivity index (χ3v) is 6.29. The Balaban J connectivity index is 1.41. The van der Waals surface area contributed by atoms with Crippen LogP contribution in [0.3, 0.4) is 0 Å². The lowest BCUT2D eigenvalue weighted by Crippen LogP contribution is -2.56. The van der Waals surface area contributed by atoms with Gasteiger partial charge in [0.05, 0.1) is 24.7 Å². The number of hydrogen-bond donors (Lipinski definition) is 2. The van der Waals surface area contributed by atoms with Crippen LogP contribution < -0.4 is 5.32 Å². The largest absolute Gasteiger partial charge is 0.353 e. The summed E-state index contributed by atoms with van der Waals surface area (Å²) in [6.07, 6.45) is 5.63. The van der Waals surface area contributed by atoms with E-state index in [4.69, 9.17) is 0 Å². The first kappa shape index (κ1) is 21.5. The van der Waals surface area contributed by atoms with Crippen LogP contribution in [0.25, 0.3) is 0 Å². The molecule has 1 aromatic heterocycles. The van der Waals surface area contributed by atoms with Crippen molar-refractivity contribution in [2.45, 2.75) is 57.7 Å². The highest BCUT2D eigenvalue weighted by Gasteiger charge is 2.32. The van der Waals surface area contributed by atoms with Gasteiger partial charge >= 0.3 is 0 Å². The lowest BCUT2D eigenvalue weighted by Gasteiger charge is -2.35. The molecule has 0 saturated carbocycles. The number of benzene rings is 1. The molecule has 1 aromatic carbocycles. The summed E-state index contributed by atoms with van der Waals surface area (Å²) in [6.45, 7) is 2.01. The predicted octanol–water partition coefficient (Wildman–Crippen LogP) is 2.17. The summed E-state index contributed by atoms with van der Waals surface area (Å²) in [4.78, 5) is 29.2. The van der Waals surface area contributed by atoms with Crippen molar-refractivity contribution in [3.8, 4) is 0 Å². The number of aromatic amines is 1. The van der Waals surface area contributed by atoms with Crippen molar-refractivity contribution in [3.63, 3.8) is 0 Å². The quantitative estimate of drug-likeness (QED) is 0.693. The average molecular weight is 428 g/mol. The molecule has 4 rings (SSSR count). The lowest BCUT2D eigenvalue weighted by atomic mass is 10.1. The number of rotatable bonds is 6. The number of carbonyl (C=O) groups excluding carboxylic acids is 2. The summed E-state index contributed by atoms with van der Waals surface area (Å²) in [7, 11) is 1.76. The summed E-state index contributed by atoms with van der Waals surface area (Å²) >= 11 is 0. The standard InChI is InChI=1S/C23H30FN5O2/c1-28(15-20-18-8-3-2-4-9-19(18)26-27-20)22(30)13-21-23(31)25-10-11-29(21)14-16-6-5-7-17(24)12-16/h5-7,12,21H,2-4,8-11,13-15H2,1H3,(H,25,31)(H,26,27)/t21-/m0/s1. The SMILES string of the molecule is CN(Cc1n[nH]c2c1CCCCC2)C(=O)C[C@H]1C(=O)NCCN1Cc1cccc(F)c1. The first-order valence-corrected chi connectivity index (χ1v) is 11.1. The Morgan fingerprint density at radius 3 is 2.97 bits per heavy atom. The minimum Gasteiger partial charge on any atom is -0.353 e. The highest BCUT2D eigenvalue weighted by Crippen LogP contribution is 2.23. The Hall–Kier alpha value is -2.74. The average Bonchev–Trinajstić information content (AvgIpc) is 2.96. The number of aromatic nitrogens is 2. The molecule has 2 aliphatic rings. The van der Waals surface area contributed by atoms with Crippen molar-refractivity contribution < 1.29 is 14.0 Å². The van der Waals surface area contributed by atoms with Crippen LogP contribution in [0.1, 0.15) is 48.2 Å². The van der Waals surface area contributed by atoms with Crippen molar-refractivity contribution in [2.24, 2.45) is 0 Å². The fourth-order valence-electron chi connectivity index (χ4n) is 4.53. The van der Waals surface area contributed by atoms with Gasteiger partial charge in [0.25, 0.3) is 0 Å². The molecular formula is C23H30FN5O2. The number of halogens is 1. The molecule has 31 heavy (non-hydrogen) atoms. The minimum atomic E-state index is -0.566. The van der Waals surface area contributed by atoms with E-state index in [0.29, 0.717) is 26.2 Å². The molecule has 166 valence electrons. The lowest BCUT2D eigenvalue weighted by molar-refractivity contribution is -0.138. The van der Waals surface area contributed by atoms with Crippen LogP contribution in [0.15, 0.2) is 24.3 Å². The van der Waals surface area contributed by atoms with Crippen LogP contribution in [0.4, 0.5) is 4.39 Å². The maximum absolute atomic E-state index is 13.6. The predicted molar refractivity (Wildman–Crippen MR) is 115 cm³/mol. The van der Waals surface area contributed by atoms with E-state index in [9.17, 15) is 14.0 Å². The molecule has 2 N–H and O–H groups in total. The van der Waals surface area contributed by atoms with E-state index in [1.165, 1.54) is 36.2 Å². The van der Waals surface area contributed by atoms with E-state index < -0.39 is 6.04 Å². The van der Waals surface area contributed by atoms with Gasteiger partial charge in [0.2, 0.25) is 11.8 Å². The van der Waals surface area contributed by atoms with Crippen LogP contribution in [-0.4, -0.2) is 58.0 Å². The van der Waals surface area contributed by atoms with Gasteiger partial charge in [-0.2, -0.15) is 5.10 Å². The van der Waals surface area contributed by atoms with E-state index in [1.807, 2.05) is 11.0 Å². The van der Waals surface area contributed by atoms with Gasteiger partial charge in [0.15, 0.2) is 0 Å². The fourth-order valence-corrected chi connectivity index (χ4v) is 4.53. The van der Waals surface area contributed by atoms with Gasteiger partial charge in [0, 0.05) is 32.4 Å². The molecule has 0 bridgehead atoms. The first-order chi connectivity index (χ1) is 15.0. The molecule has 0 radical (unpaired) electrons. The first-order valence-electron chi connectivity index (χ1n) is 11.1. The molecule has 0 spiro atoms. The topological polar surface area (TPSA) is 81.3 Å². The molecule has 2 heterocycles. The maximum Gasteiger partial charge on any atom is 0.237 e. The number of H-pyrrole nitrogens is 1. The second-order valence-corrected chi connectivity index (χ2v) is 8.55. The molecule has 2 amide bonds. The van der Waals surface area contributed by atoms with Crippen molar-refractivity contribution in [3.05, 3.63) is 52.6 Å². The normalized spacial score (nSPS) is 19.4. The van der Waals surface area contributed by atoms with Crippen molar-refractivity contribution >= 4 is 11.8 Å². The van der Waals surface area contributed by atoms with Gasteiger partial charge in [-0.25, -0.2) is 4.39 Å². The summed E-state index contributed by atoms with van der Waals surface area (Å²) < 4.78 is 13.6. The summed E-state index contributed by atoms with van der Waals surface area (Å²) in [5.41, 5.74) is 4.17. The Labute approximate surface area is 182 Å². The van der Waals surface area contributed by atoms with Crippen molar-refractivity contribution in [1.29, 1.82) is 0 Å². The Bertz CT molecular complexity index is 944. The smallest absolute Gasteiger partial charge is 0.237 e. The summed E-state index contributed by atoms with van der Waals surface area (Å²) in [5.74, 6) is -0.556. The zero-order valence-electron chi connectivity index (χ0n) is 18.0. The fraction of sp³-hybridized carbons (Fsp3) is 0.522. The minimum absolute atomic E-state index is 0.0876. The number of fused-ring (bicyclic) bond motifs is 1. The van der Waals surface area contributed by atoms with Gasteiger partial charge in [0.1, 0.15) is 5.82 Å². The number of hydrogen-bond acceptors (Lipinski definition) is 4. The van der Waals surface area contributed by atoms with Crippen LogP contribution >= 0.6 is 0 Å². The zero-order valence-corrected chi connectivity index (χ0v) is 18.0. The number of piperazine rings is 1. The third kappa shape index (κ3) is 5.12. The number of nitrogens with zero attached hydrogens (tertiary/aromatic N) is 3. The van der Waals surface area contributed by atoms with Crippen LogP contribution in [0.2, 0.25) is 0 Å². The van der Waals surface area contributed by atoms with E-state index in [2.05, 4.69) is 15.5 Å². The summed E-state index contributed by atoms with van der Waals surface area (Å²) in [5, 5.41) is 10.5. The van der Waals surface area contributed by atoms with Crippen molar-refractivity contribution in [2.75, 3.05) is 20.1 Å². The molecule has 8 heteroatoms. The second-order valence-electron chi connectivity index (χ2n) is 8.55. The monoisotopic (exact) mass is 427 g/mol. The molecule has 1 fully saturated rings. The maximum atomic E-state index is 13.6. The van der Waals surface area contributed by atoms with Crippen molar-refractivity contribution in [1.82, 2.24) is 25.3 Å². The molecular weight excluding hydrogens is 397 g/mol. The Morgan fingerprint density at radius 1 is 1.29 bits per heavy atom. The summed E-state index contributed by atoms with van der Waals surface area (Å²) in [6, 6.07) is 5.81. The van der Waals surface area contributed by atoms with E-state index in [0.717, 1.165) is 30.5 Å². The molecule has 1 saturated heterocycles. The highest BCUT2D eigenvalue weighted by molar-refractivity contribution is 5.88. The number of nitrogens with one attached hydrogen (secondary N) is 2. The number of carbonyl (C=O) groups is 2. The van der Waals surface area contributed by atoms with Gasteiger partial charge in [-0.15, -0.1) is 0 Å². The zero-order chi connectivity index (χ0) is 21.8. The Kier molecular flexibility index (Phi) is 6.65. The van der Waals surface area contributed by atoms with Crippen LogP contribution in [0, 0.1) is 5.82 Å². The second kappa shape index (κ2) is 9.60. The van der Waals surface area contributed by atoms with Crippen LogP contribution in [0.5, 0.6) is 0 Å². The van der Waals surface area contributed by atoms with Gasteiger partial charge < -0.3 is 10.2 Å². The molecule has 7 nitrogen and oxygen atoms in total. The third-order valence-electron chi connectivity index (χ3n) is 6.29. The van der Waals surface area contributed by atoms with E-state index in [-0.39, 0.29) is 24.1 Å². The van der Waals surface area contributed by atoms with Crippen LogP contribution in [-0.2, 0) is 35.5 Å². The van der Waals surface area contributed by atoms with E-state index in [1.54, 1.807) is 18.0 Å². The van der Waals surface area contributed by atoms with Gasteiger partial charge in [-0.3, -0.25) is 19.6 Å². The van der Waals surface area contributed by atoms with Gasteiger partial charge in [-0.1, -0.05) is 18.6 Å².